The molecule has 0 aliphatic carbocycles. The van der Waals surface area contributed by atoms with Crippen LogP contribution in [0.15, 0.2) is 24.3 Å². The standard InChI is InChI=1S/C21H33NO3/c1-16(2)14-18-15-22(13-12-21(18,3)24)20(23)7-5-6-17-8-10-19(25-4)11-9-17/h8-11,16,18,24H,5-7,12-15H2,1-4H3/t18-,21+/m0/s1. The van der Waals surface area contributed by atoms with Crippen LogP contribution in [0.25, 0.3) is 0 Å². The zero-order chi connectivity index (χ0) is 18.4. The van der Waals surface area contributed by atoms with E-state index in [1.165, 1.54) is 5.56 Å². The van der Waals surface area contributed by atoms with E-state index < -0.39 is 5.60 Å². The third-order valence-corrected chi connectivity index (χ3v) is 5.33. The normalized spacial score (nSPS) is 23.8. The van der Waals surface area contributed by atoms with Gasteiger partial charge in [-0.15, -0.1) is 0 Å². The summed E-state index contributed by atoms with van der Waals surface area (Å²) in [6.07, 6.45) is 3.96. The Kier molecular flexibility index (Phi) is 6.88. The number of aryl methyl sites for hydroxylation is 1. The van der Waals surface area contributed by atoms with Crippen molar-refractivity contribution in [2.75, 3.05) is 20.2 Å². The smallest absolute Gasteiger partial charge is 0.222 e. The molecular weight excluding hydrogens is 314 g/mol. The molecule has 0 spiro atoms. The molecule has 0 bridgehead atoms. The van der Waals surface area contributed by atoms with Gasteiger partial charge >= 0.3 is 0 Å². The van der Waals surface area contributed by atoms with Crippen LogP contribution in [0.5, 0.6) is 5.75 Å². The lowest BCUT2D eigenvalue weighted by molar-refractivity contribution is -0.139. The largest absolute Gasteiger partial charge is 0.497 e. The van der Waals surface area contributed by atoms with E-state index in [0.717, 1.165) is 25.0 Å². The number of rotatable bonds is 7. The van der Waals surface area contributed by atoms with Gasteiger partial charge < -0.3 is 14.7 Å². The Morgan fingerprint density at radius 1 is 1.36 bits per heavy atom. The molecular formula is C21H33NO3. The van der Waals surface area contributed by atoms with Crippen LogP contribution in [0, 0.1) is 11.8 Å². The van der Waals surface area contributed by atoms with Gasteiger partial charge in [0, 0.05) is 25.4 Å². The van der Waals surface area contributed by atoms with Gasteiger partial charge in [0.25, 0.3) is 0 Å². The monoisotopic (exact) mass is 347 g/mol. The van der Waals surface area contributed by atoms with E-state index in [2.05, 4.69) is 26.0 Å². The summed E-state index contributed by atoms with van der Waals surface area (Å²) in [5.74, 6) is 1.78. The number of piperidine rings is 1. The molecule has 1 aliphatic heterocycles. The third-order valence-electron chi connectivity index (χ3n) is 5.33. The second kappa shape index (κ2) is 8.70. The Labute approximate surface area is 152 Å². The highest BCUT2D eigenvalue weighted by Crippen LogP contribution is 2.32. The first-order valence-corrected chi connectivity index (χ1v) is 9.45. The highest BCUT2D eigenvalue weighted by atomic mass is 16.5. The number of likely N-dealkylation sites (tertiary alicyclic amines) is 1. The molecule has 0 aromatic heterocycles. The van der Waals surface area contributed by atoms with E-state index in [1.54, 1.807) is 7.11 Å². The molecule has 140 valence electrons. The van der Waals surface area contributed by atoms with Gasteiger partial charge in [-0.3, -0.25) is 4.79 Å². The van der Waals surface area contributed by atoms with E-state index in [9.17, 15) is 9.90 Å². The van der Waals surface area contributed by atoms with Crippen LogP contribution in [0.3, 0.4) is 0 Å². The number of nitrogens with zero attached hydrogens (tertiary/aromatic N) is 1. The number of hydrogen-bond donors (Lipinski definition) is 1. The summed E-state index contributed by atoms with van der Waals surface area (Å²) < 4.78 is 5.16. The van der Waals surface area contributed by atoms with Crippen LogP contribution in [-0.2, 0) is 11.2 Å². The topological polar surface area (TPSA) is 49.8 Å². The Morgan fingerprint density at radius 2 is 2.04 bits per heavy atom. The zero-order valence-electron chi connectivity index (χ0n) is 16.1. The second-order valence-corrected chi connectivity index (χ2v) is 7.98. The maximum absolute atomic E-state index is 12.6. The molecule has 4 nitrogen and oxygen atoms in total. The van der Waals surface area contributed by atoms with Crippen LogP contribution in [0.2, 0.25) is 0 Å². The lowest BCUT2D eigenvalue weighted by Gasteiger charge is -2.43. The summed E-state index contributed by atoms with van der Waals surface area (Å²) in [6.45, 7) is 7.62. The van der Waals surface area contributed by atoms with Crippen molar-refractivity contribution in [3.63, 3.8) is 0 Å². The number of aliphatic hydroxyl groups is 1. The van der Waals surface area contributed by atoms with Crippen molar-refractivity contribution in [3.8, 4) is 5.75 Å². The molecule has 1 saturated heterocycles. The Balaban J connectivity index is 1.81. The summed E-state index contributed by atoms with van der Waals surface area (Å²) in [5, 5.41) is 10.6. The number of methoxy groups -OCH3 is 1. The first kappa shape index (κ1) is 19.8. The Hall–Kier alpha value is -1.55. The molecule has 1 aromatic carbocycles. The van der Waals surface area contributed by atoms with Gasteiger partial charge in [-0.05, 0) is 56.2 Å². The van der Waals surface area contributed by atoms with Gasteiger partial charge in [-0.2, -0.15) is 0 Å². The van der Waals surface area contributed by atoms with Crippen molar-refractivity contribution in [1.29, 1.82) is 0 Å². The molecule has 2 rings (SSSR count). The van der Waals surface area contributed by atoms with Crippen molar-refractivity contribution >= 4 is 5.91 Å². The van der Waals surface area contributed by atoms with Crippen molar-refractivity contribution in [2.24, 2.45) is 11.8 Å². The fraction of sp³-hybridized carbons (Fsp3) is 0.667. The predicted octanol–water partition coefficient (Wildman–Crippen LogP) is 3.66. The first-order valence-electron chi connectivity index (χ1n) is 9.45. The number of carbonyl (C=O) groups is 1. The lowest BCUT2D eigenvalue weighted by atomic mass is 9.78. The Bertz CT molecular complexity index is 551. The summed E-state index contributed by atoms with van der Waals surface area (Å²) >= 11 is 0. The number of hydrogen-bond acceptors (Lipinski definition) is 3. The van der Waals surface area contributed by atoms with Crippen molar-refractivity contribution < 1.29 is 14.6 Å². The fourth-order valence-corrected chi connectivity index (χ4v) is 3.64. The molecule has 1 fully saturated rings. The molecule has 0 unspecified atom stereocenters. The quantitative estimate of drug-likeness (QED) is 0.819. The minimum absolute atomic E-state index is 0.173. The molecule has 0 saturated carbocycles. The minimum Gasteiger partial charge on any atom is -0.497 e. The minimum atomic E-state index is -0.649. The molecule has 1 amide bonds. The van der Waals surface area contributed by atoms with E-state index in [1.807, 2.05) is 24.0 Å². The molecule has 1 aromatic rings. The highest BCUT2D eigenvalue weighted by molar-refractivity contribution is 5.76. The van der Waals surface area contributed by atoms with Crippen LogP contribution >= 0.6 is 0 Å². The number of ether oxygens (including phenoxy) is 1. The summed E-state index contributed by atoms with van der Waals surface area (Å²) in [6, 6.07) is 8.03. The van der Waals surface area contributed by atoms with Crippen molar-refractivity contribution in [1.82, 2.24) is 4.90 Å². The summed E-state index contributed by atoms with van der Waals surface area (Å²) in [4.78, 5) is 14.5. The zero-order valence-corrected chi connectivity index (χ0v) is 16.1. The van der Waals surface area contributed by atoms with Gasteiger partial charge in [-0.25, -0.2) is 0 Å². The molecule has 1 N–H and O–H groups in total. The summed E-state index contributed by atoms with van der Waals surface area (Å²) in [5.41, 5.74) is 0.581. The van der Waals surface area contributed by atoms with Crippen LogP contribution < -0.4 is 4.74 Å². The molecule has 1 aliphatic rings. The van der Waals surface area contributed by atoms with Crippen molar-refractivity contribution in [3.05, 3.63) is 29.8 Å². The van der Waals surface area contributed by atoms with E-state index >= 15 is 0 Å². The Morgan fingerprint density at radius 3 is 2.64 bits per heavy atom. The van der Waals surface area contributed by atoms with Crippen LogP contribution in [0.4, 0.5) is 0 Å². The van der Waals surface area contributed by atoms with Gasteiger partial charge in [0.15, 0.2) is 0 Å². The van der Waals surface area contributed by atoms with Gasteiger partial charge in [0.05, 0.1) is 12.7 Å². The average Bonchev–Trinajstić information content (AvgIpc) is 2.57. The maximum atomic E-state index is 12.6. The van der Waals surface area contributed by atoms with E-state index in [0.29, 0.717) is 31.8 Å². The fourth-order valence-electron chi connectivity index (χ4n) is 3.64. The molecule has 25 heavy (non-hydrogen) atoms. The molecule has 4 heteroatoms. The van der Waals surface area contributed by atoms with Gasteiger partial charge in [-0.1, -0.05) is 26.0 Å². The van der Waals surface area contributed by atoms with Crippen molar-refractivity contribution in [2.45, 2.75) is 58.5 Å². The van der Waals surface area contributed by atoms with Crippen LogP contribution in [0.1, 0.15) is 52.0 Å². The second-order valence-electron chi connectivity index (χ2n) is 7.98. The highest BCUT2D eigenvalue weighted by Gasteiger charge is 2.38. The maximum Gasteiger partial charge on any atom is 0.222 e. The lowest BCUT2D eigenvalue weighted by Crippen LogP contribution is -2.52. The molecule has 1 heterocycles. The third kappa shape index (κ3) is 5.74. The predicted molar refractivity (Wildman–Crippen MR) is 101 cm³/mol. The van der Waals surface area contributed by atoms with Crippen LogP contribution in [-0.4, -0.2) is 41.7 Å². The average molecular weight is 347 g/mol. The SMILES string of the molecule is COc1ccc(CCCC(=O)N2CC[C@@](C)(O)[C@@H](CC(C)C)C2)cc1. The number of benzene rings is 1. The van der Waals surface area contributed by atoms with Gasteiger partial charge in [0.1, 0.15) is 5.75 Å². The molecule has 2 atom stereocenters. The van der Waals surface area contributed by atoms with Gasteiger partial charge in [0.2, 0.25) is 5.91 Å². The van der Waals surface area contributed by atoms with E-state index in [4.69, 9.17) is 4.74 Å². The number of amides is 1. The first-order chi connectivity index (χ1) is 11.8. The molecule has 0 radical (unpaired) electrons. The number of carbonyl (C=O) groups excluding carboxylic acids is 1. The van der Waals surface area contributed by atoms with E-state index in [-0.39, 0.29) is 11.8 Å². The summed E-state index contributed by atoms with van der Waals surface area (Å²) in [7, 11) is 1.66.